The Bertz CT molecular complexity index is 447. The predicted molar refractivity (Wildman–Crippen MR) is 62.3 cm³/mol. The van der Waals surface area contributed by atoms with Crippen LogP contribution in [0.2, 0.25) is 0 Å². The van der Waals surface area contributed by atoms with E-state index in [1.807, 2.05) is 18.2 Å². The minimum atomic E-state index is -0.597. The summed E-state index contributed by atoms with van der Waals surface area (Å²) in [6, 6.07) is 10.1. The lowest BCUT2D eigenvalue weighted by Gasteiger charge is -2.22. The van der Waals surface area contributed by atoms with Gasteiger partial charge in [-0.2, -0.15) is 0 Å². The zero-order valence-electron chi connectivity index (χ0n) is 9.16. The molecule has 0 amide bonds. The summed E-state index contributed by atoms with van der Waals surface area (Å²) in [5, 5.41) is 1.15. The Balaban J connectivity index is 1.88. The van der Waals surface area contributed by atoms with Crippen molar-refractivity contribution in [2.75, 3.05) is 0 Å². The Morgan fingerprint density at radius 3 is 2.56 bits per heavy atom. The van der Waals surface area contributed by atoms with Gasteiger partial charge in [0.15, 0.2) is 0 Å². The minimum Gasteiger partial charge on any atom is -0.461 e. The van der Waals surface area contributed by atoms with Gasteiger partial charge in [0.2, 0.25) is 0 Å². The Labute approximate surface area is 94.3 Å². The first-order valence-corrected chi connectivity index (χ1v) is 5.95. The average Bonchev–Trinajstić information content (AvgIpc) is 2.73. The summed E-state index contributed by atoms with van der Waals surface area (Å²) in [6.45, 7) is 0. The highest BCUT2D eigenvalue weighted by molar-refractivity contribution is 5.77. The van der Waals surface area contributed by atoms with Gasteiger partial charge in [-0.05, 0) is 37.8 Å². The third-order valence-electron chi connectivity index (χ3n) is 3.50. The highest BCUT2D eigenvalue weighted by atomic mass is 19.1. The molecule has 1 nitrogen and oxygen atoms in total. The number of alkyl halides is 1. The molecular formula is C14H15FO. The zero-order valence-corrected chi connectivity index (χ0v) is 9.16. The van der Waals surface area contributed by atoms with Crippen LogP contribution in [-0.2, 0) is 0 Å². The van der Waals surface area contributed by atoms with Crippen LogP contribution in [0.15, 0.2) is 34.7 Å². The third-order valence-corrected chi connectivity index (χ3v) is 3.50. The second-order valence-corrected chi connectivity index (χ2v) is 4.64. The molecule has 0 N–H and O–H groups in total. The van der Waals surface area contributed by atoms with Crippen LogP contribution >= 0.6 is 0 Å². The van der Waals surface area contributed by atoms with Gasteiger partial charge < -0.3 is 4.42 Å². The number of hydrogen-bond donors (Lipinski definition) is 0. The summed E-state index contributed by atoms with van der Waals surface area (Å²) in [6.07, 6.45) is 2.60. The number of fused-ring (bicyclic) bond motifs is 1. The molecule has 0 unspecified atom stereocenters. The molecule has 0 radical (unpaired) electrons. The first kappa shape index (κ1) is 9.88. The molecule has 1 saturated carbocycles. The highest BCUT2D eigenvalue weighted by Crippen LogP contribution is 2.36. The van der Waals surface area contributed by atoms with Crippen LogP contribution in [0, 0.1) is 0 Å². The van der Waals surface area contributed by atoms with Crippen LogP contribution in [0.1, 0.15) is 37.4 Å². The van der Waals surface area contributed by atoms with Gasteiger partial charge in [0.1, 0.15) is 17.5 Å². The van der Waals surface area contributed by atoms with Crippen molar-refractivity contribution in [3.05, 3.63) is 36.1 Å². The van der Waals surface area contributed by atoms with E-state index >= 15 is 0 Å². The van der Waals surface area contributed by atoms with E-state index < -0.39 is 6.17 Å². The lowest BCUT2D eigenvalue weighted by Crippen LogP contribution is -2.12. The van der Waals surface area contributed by atoms with E-state index in [0.717, 1.165) is 29.6 Å². The summed E-state index contributed by atoms with van der Waals surface area (Å²) >= 11 is 0. The molecule has 84 valence electrons. The van der Waals surface area contributed by atoms with Gasteiger partial charge in [-0.3, -0.25) is 0 Å². The van der Waals surface area contributed by atoms with Crippen molar-refractivity contribution in [3.8, 4) is 0 Å². The molecule has 1 fully saturated rings. The fourth-order valence-electron chi connectivity index (χ4n) is 2.54. The van der Waals surface area contributed by atoms with Crippen LogP contribution < -0.4 is 0 Å². The highest BCUT2D eigenvalue weighted by Gasteiger charge is 2.24. The quantitative estimate of drug-likeness (QED) is 0.690. The Morgan fingerprint density at radius 1 is 1.06 bits per heavy atom. The number of benzene rings is 1. The van der Waals surface area contributed by atoms with Gasteiger partial charge in [0.25, 0.3) is 0 Å². The van der Waals surface area contributed by atoms with Gasteiger partial charge in [-0.1, -0.05) is 18.2 Å². The number of furan rings is 1. The maximum Gasteiger partial charge on any atom is 0.134 e. The van der Waals surface area contributed by atoms with E-state index in [-0.39, 0.29) is 0 Å². The molecule has 2 heteroatoms. The lowest BCUT2D eigenvalue weighted by atomic mass is 9.86. The Hall–Kier alpha value is -1.31. The minimum absolute atomic E-state index is 0.416. The molecule has 0 bridgehead atoms. The van der Waals surface area contributed by atoms with Crippen molar-refractivity contribution in [2.24, 2.45) is 0 Å². The Morgan fingerprint density at radius 2 is 1.81 bits per heavy atom. The molecule has 16 heavy (non-hydrogen) atoms. The van der Waals surface area contributed by atoms with Crippen LogP contribution in [0.25, 0.3) is 11.0 Å². The predicted octanol–water partition coefficient (Wildman–Crippen LogP) is 4.43. The van der Waals surface area contributed by atoms with E-state index in [4.69, 9.17) is 4.42 Å². The first-order valence-electron chi connectivity index (χ1n) is 5.95. The van der Waals surface area contributed by atoms with Crippen molar-refractivity contribution in [1.82, 2.24) is 0 Å². The Kier molecular flexibility index (Phi) is 2.43. The van der Waals surface area contributed by atoms with E-state index in [9.17, 15) is 4.39 Å². The normalized spacial score (nSPS) is 26.1. The molecule has 0 aliphatic heterocycles. The van der Waals surface area contributed by atoms with Gasteiger partial charge in [-0.25, -0.2) is 4.39 Å². The number of para-hydroxylation sites is 1. The fraction of sp³-hybridized carbons (Fsp3) is 0.429. The van der Waals surface area contributed by atoms with Crippen molar-refractivity contribution < 1.29 is 8.81 Å². The molecule has 3 rings (SSSR count). The molecule has 0 saturated heterocycles. The van der Waals surface area contributed by atoms with Crippen molar-refractivity contribution in [1.29, 1.82) is 0 Å². The molecule has 0 spiro atoms. The molecule has 1 heterocycles. The van der Waals surface area contributed by atoms with Crippen LogP contribution in [0.4, 0.5) is 4.39 Å². The maximum atomic E-state index is 13.0. The number of hydrogen-bond acceptors (Lipinski definition) is 1. The van der Waals surface area contributed by atoms with Crippen LogP contribution in [0.5, 0.6) is 0 Å². The second kappa shape index (κ2) is 3.93. The van der Waals surface area contributed by atoms with E-state index in [2.05, 4.69) is 12.1 Å². The zero-order chi connectivity index (χ0) is 11.0. The van der Waals surface area contributed by atoms with Gasteiger partial charge >= 0.3 is 0 Å². The average molecular weight is 218 g/mol. The number of rotatable bonds is 1. The topological polar surface area (TPSA) is 13.1 Å². The largest absolute Gasteiger partial charge is 0.461 e. The SMILES string of the molecule is F[C@H]1CC[C@@H](c2cc3ccccc3o2)CC1. The molecular weight excluding hydrogens is 203 g/mol. The third kappa shape index (κ3) is 1.73. The standard InChI is InChI=1S/C14H15FO/c15-12-7-5-10(6-8-12)14-9-11-3-1-2-4-13(11)16-14/h1-4,9-10,12H,5-8H2/t10-,12+. The van der Waals surface area contributed by atoms with Gasteiger partial charge in [0, 0.05) is 11.3 Å². The van der Waals surface area contributed by atoms with Crippen LogP contribution in [-0.4, -0.2) is 6.17 Å². The van der Waals surface area contributed by atoms with E-state index in [0.29, 0.717) is 18.8 Å². The van der Waals surface area contributed by atoms with Crippen LogP contribution in [0.3, 0.4) is 0 Å². The van der Waals surface area contributed by atoms with Gasteiger partial charge in [0.05, 0.1) is 0 Å². The van der Waals surface area contributed by atoms with E-state index in [1.165, 1.54) is 0 Å². The smallest absolute Gasteiger partial charge is 0.134 e. The molecule has 1 aromatic carbocycles. The number of halogens is 1. The summed E-state index contributed by atoms with van der Waals surface area (Å²) in [5.41, 5.74) is 0.944. The van der Waals surface area contributed by atoms with Crippen molar-refractivity contribution in [2.45, 2.75) is 37.8 Å². The summed E-state index contributed by atoms with van der Waals surface area (Å²) < 4.78 is 18.9. The maximum absolute atomic E-state index is 13.0. The van der Waals surface area contributed by atoms with E-state index in [1.54, 1.807) is 0 Å². The molecule has 1 aliphatic carbocycles. The molecule has 0 atom stereocenters. The molecule has 2 aromatic rings. The lowest BCUT2D eigenvalue weighted by molar-refractivity contribution is 0.226. The first-order chi connectivity index (χ1) is 7.83. The monoisotopic (exact) mass is 218 g/mol. The molecule has 1 aromatic heterocycles. The molecule has 1 aliphatic rings. The summed E-state index contributed by atoms with van der Waals surface area (Å²) in [5.74, 6) is 1.45. The van der Waals surface area contributed by atoms with Crippen molar-refractivity contribution in [3.63, 3.8) is 0 Å². The fourth-order valence-corrected chi connectivity index (χ4v) is 2.54. The summed E-state index contributed by atoms with van der Waals surface area (Å²) in [4.78, 5) is 0. The van der Waals surface area contributed by atoms with Crippen molar-refractivity contribution >= 4 is 11.0 Å². The summed E-state index contributed by atoms with van der Waals surface area (Å²) in [7, 11) is 0. The van der Waals surface area contributed by atoms with Gasteiger partial charge in [-0.15, -0.1) is 0 Å². The second-order valence-electron chi connectivity index (χ2n) is 4.64.